The molecule has 2 rings (SSSR count). The topological polar surface area (TPSA) is 28.2 Å². The van der Waals surface area contributed by atoms with Crippen LogP contribution in [0.4, 0.5) is 5.82 Å². The van der Waals surface area contributed by atoms with Crippen LogP contribution in [0.1, 0.15) is 57.2 Å². The summed E-state index contributed by atoms with van der Waals surface area (Å²) in [7, 11) is 0. The Morgan fingerprint density at radius 1 is 1.10 bits per heavy atom. The van der Waals surface area contributed by atoms with E-state index in [4.69, 9.17) is 4.98 Å². The monoisotopic (exact) mass is 275 g/mol. The molecule has 0 aromatic carbocycles. The van der Waals surface area contributed by atoms with Gasteiger partial charge in [-0.15, -0.1) is 0 Å². The third-order valence-electron chi connectivity index (χ3n) is 3.89. The zero-order chi connectivity index (χ0) is 14.4. The van der Waals surface area contributed by atoms with Crippen LogP contribution in [0.15, 0.2) is 12.1 Å². The van der Waals surface area contributed by atoms with Crippen LogP contribution in [-0.4, -0.2) is 24.1 Å². The van der Waals surface area contributed by atoms with Crippen LogP contribution >= 0.6 is 0 Å². The molecule has 1 N–H and O–H groups in total. The van der Waals surface area contributed by atoms with Crippen LogP contribution in [-0.2, 0) is 6.54 Å². The molecule has 0 aliphatic carbocycles. The maximum atomic E-state index is 4.76. The fraction of sp³-hybridized carbons (Fsp3) is 0.706. The van der Waals surface area contributed by atoms with Gasteiger partial charge in [-0.1, -0.05) is 33.1 Å². The Morgan fingerprint density at radius 2 is 1.75 bits per heavy atom. The summed E-state index contributed by atoms with van der Waals surface area (Å²) in [4.78, 5) is 7.23. The smallest absolute Gasteiger partial charge is 0.129 e. The number of anilines is 1. The zero-order valence-electron chi connectivity index (χ0n) is 13.3. The van der Waals surface area contributed by atoms with E-state index in [1.165, 1.54) is 43.5 Å². The van der Waals surface area contributed by atoms with Crippen molar-refractivity contribution >= 4 is 5.82 Å². The molecule has 0 radical (unpaired) electrons. The minimum Gasteiger partial charge on any atom is -0.357 e. The molecule has 0 saturated carbocycles. The average molecular weight is 275 g/mol. The van der Waals surface area contributed by atoms with Gasteiger partial charge in [-0.3, -0.25) is 0 Å². The molecule has 1 aromatic heterocycles. The lowest BCUT2D eigenvalue weighted by molar-refractivity contribution is 0.552. The summed E-state index contributed by atoms with van der Waals surface area (Å²) in [5, 5.41) is 3.50. The highest BCUT2D eigenvalue weighted by Crippen LogP contribution is 2.19. The number of nitrogens with one attached hydrogen (secondary N) is 1. The highest BCUT2D eigenvalue weighted by atomic mass is 15.2. The summed E-state index contributed by atoms with van der Waals surface area (Å²) in [5.74, 6) is 1.17. The minimum atomic E-state index is 0.522. The highest BCUT2D eigenvalue weighted by molar-refractivity contribution is 5.42. The van der Waals surface area contributed by atoms with Crippen molar-refractivity contribution in [2.75, 3.05) is 18.0 Å². The Bertz CT molecular complexity index is 407. The van der Waals surface area contributed by atoms with Gasteiger partial charge in [0.1, 0.15) is 5.82 Å². The van der Waals surface area contributed by atoms with Crippen LogP contribution in [0.2, 0.25) is 0 Å². The summed E-state index contributed by atoms with van der Waals surface area (Å²) >= 11 is 0. The fourth-order valence-electron chi connectivity index (χ4n) is 2.78. The molecule has 3 nitrogen and oxygen atoms in total. The summed E-state index contributed by atoms with van der Waals surface area (Å²) in [6.45, 7) is 9.73. The molecule has 0 atom stereocenters. The SMILES string of the molecule is Cc1cc(CNC(C)C)cc(N2CCCCCCC2)n1. The quantitative estimate of drug-likeness (QED) is 0.909. The molecule has 1 aliphatic heterocycles. The number of rotatable bonds is 4. The van der Waals surface area contributed by atoms with Crippen LogP contribution in [0.25, 0.3) is 0 Å². The van der Waals surface area contributed by atoms with Crippen molar-refractivity contribution in [3.63, 3.8) is 0 Å². The van der Waals surface area contributed by atoms with Crippen LogP contribution < -0.4 is 10.2 Å². The van der Waals surface area contributed by atoms with Crippen LogP contribution in [0.3, 0.4) is 0 Å². The van der Waals surface area contributed by atoms with Gasteiger partial charge in [0.15, 0.2) is 0 Å². The lowest BCUT2D eigenvalue weighted by atomic mass is 10.1. The molecule has 112 valence electrons. The largest absolute Gasteiger partial charge is 0.357 e. The highest BCUT2D eigenvalue weighted by Gasteiger charge is 2.11. The predicted octanol–water partition coefficient (Wildman–Crippen LogP) is 3.66. The molecular weight excluding hydrogens is 246 g/mol. The zero-order valence-corrected chi connectivity index (χ0v) is 13.3. The van der Waals surface area contributed by atoms with E-state index in [0.29, 0.717) is 6.04 Å². The molecule has 2 heterocycles. The molecule has 1 saturated heterocycles. The molecule has 0 bridgehead atoms. The molecule has 3 heteroatoms. The Morgan fingerprint density at radius 3 is 2.40 bits per heavy atom. The van der Waals surface area contributed by atoms with Crippen molar-refractivity contribution in [3.05, 3.63) is 23.4 Å². The molecule has 1 aliphatic rings. The van der Waals surface area contributed by atoms with Gasteiger partial charge in [0.2, 0.25) is 0 Å². The van der Waals surface area contributed by atoms with Crippen molar-refractivity contribution in [3.8, 4) is 0 Å². The predicted molar refractivity (Wildman–Crippen MR) is 86.2 cm³/mol. The van der Waals surface area contributed by atoms with E-state index in [1.807, 2.05) is 0 Å². The number of pyridine rings is 1. The van der Waals surface area contributed by atoms with Gasteiger partial charge in [0.05, 0.1) is 0 Å². The van der Waals surface area contributed by atoms with E-state index >= 15 is 0 Å². The molecular formula is C17H29N3. The summed E-state index contributed by atoms with van der Waals surface area (Å²) < 4.78 is 0. The first-order valence-electron chi connectivity index (χ1n) is 8.11. The Kier molecular flexibility index (Phi) is 5.84. The standard InChI is InChI=1S/C17H29N3/c1-14(2)18-13-16-11-15(3)19-17(12-16)20-9-7-5-4-6-8-10-20/h11-12,14,18H,4-10,13H2,1-3H3. The Hall–Kier alpha value is -1.09. The van der Waals surface area contributed by atoms with E-state index in [-0.39, 0.29) is 0 Å². The maximum Gasteiger partial charge on any atom is 0.129 e. The van der Waals surface area contributed by atoms with Gasteiger partial charge in [0, 0.05) is 31.4 Å². The molecule has 1 aromatic rings. The first-order chi connectivity index (χ1) is 9.65. The first-order valence-corrected chi connectivity index (χ1v) is 8.11. The molecule has 0 unspecified atom stereocenters. The molecule has 0 spiro atoms. The maximum absolute atomic E-state index is 4.76. The molecule has 1 fully saturated rings. The summed E-state index contributed by atoms with van der Waals surface area (Å²) in [6.07, 6.45) is 6.73. The first kappa shape index (κ1) is 15.3. The fourth-order valence-corrected chi connectivity index (χ4v) is 2.78. The van der Waals surface area contributed by atoms with Gasteiger partial charge >= 0.3 is 0 Å². The lowest BCUT2D eigenvalue weighted by Crippen LogP contribution is -2.28. The van der Waals surface area contributed by atoms with E-state index in [0.717, 1.165) is 25.3 Å². The second kappa shape index (κ2) is 7.63. The molecule has 20 heavy (non-hydrogen) atoms. The average Bonchev–Trinajstić information content (AvgIpc) is 2.35. The Balaban J connectivity index is 2.08. The number of aromatic nitrogens is 1. The second-order valence-electron chi connectivity index (χ2n) is 6.27. The van der Waals surface area contributed by atoms with Crippen molar-refractivity contribution in [1.82, 2.24) is 10.3 Å². The minimum absolute atomic E-state index is 0.522. The lowest BCUT2D eigenvalue weighted by Gasteiger charge is -2.26. The van der Waals surface area contributed by atoms with Gasteiger partial charge < -0.3 is 10.2 Å². The third kappa shape index (κ3) is 4.78. The van der Waals surface area contributed by atoms with Crippen molar-refractivity contribution in [1.29, 1.82) is 0 Å². The van der Waals surface area contributed by atoms with Gasteiger partial charge in [-0.2, -0.15) is 0 Å². The molecule has 0 amide bonds. The van der Waals surface area contributed by atoms with E-state index in [2.05, 4.69) is 43.1 Å². The number of aryl methyl sites for hydroxylation is 1. The van der Waals surface area contributed by atoms with Crippen LogP contribution in [0.5, 0.6) is 0 Å². The van der Waals surface area contributed by atoms with Crippen molar-refractivity contribution < 1.29 is 0 Å². The normalized spacial score (nSPS) is 17.1. The van der Waals surface area contributed by atoms with Crippen molar-refractivity contribution in [2.24, 2.45) is 0 Å². The van der Waals surface area contributed by atoms with E-state index < -0.39 is 0 Å². The van der Waals surface area contributed by atoms with Gasteiger partial charge in [-0.25, -0.2) is 4.98 Å². The van der Waals surface area contributed by atoms with Crippen molar-refractivity contribution in [2.45, 2.75) is 65.5 Å². The summed E-state index contributed by atoms with van der Waals surface area (Å²) in [6, 6.07) is 4.99. The van der Waals surface area contributed by atoms with Gasteiger partial charge in [0.25, 0.3) is 0 Å². The number of nitrogens with zero attached hydrogens (tertiary/aromatic N) is 2. The van der Waals surface area contributed by atoms with E-state index in [9.17, 15) is 0 Å². The number of hydrogen-bond donors (Lipinski definition) is 1. The van der Waals surface area contributed by atoms with E-state index in [1.54, 1.807) is 0 Å². The second-order valence-corrected chi connectivity index (χ2v) is 6.27. The third-order valence-corrected chi connectivity index (χ3v) is 3.89. The summed E-state index contributed by atoms with van der Waals surface area (Å²) in [5.41, 5.74) is 2.48. The van der Waals surface area contributed by atoms with Gasteiger partial charge in [-0.05, 0) is 37.5 Å². The van der Waals surface area contributed by atoms with Crippen LogP contribution in [0, 0.1) is 6.92 Å². The number of hydrogen-bond acceptors (Lipinski definition) is 3. The Labute approximate surface area is 123 Å².